The van der Waals surface area contributed by atoms with Gasteiger partial charge in [0.05, 0.1) is 22.5 Å². The number of thioether (sulfide) groups is 1. The highest BCUT2D eigenvalue weighted by molar-refractivity contribution is 7.98. The van der Waals surface area contributed by atoms with Gasteiger partial charge in [0.15, 0.2) is 0 Å². The molecule has 0 heterocycles. The normalized spacial score (nSPS) is 9.73. The molecular formula is C9H9NO4S. The highest BCUT2D eigenvalue weighted by Gasteiger charge is 2.16. The summed E-state index contributed by atoms with van der Waals surface area (Å²) in [6, 6.07) is 4.26. The molecule has 0 aliphatic heterocycles. The van der Waals surface area contributed by atoms with Crippen molar-refractivity contribution < 1.29 is 14.5 Å². The molecule has 0 aromatic heterocycles. The summed E-state index contributed by atoms with van der Waals surface area (Å²) in [6.07, 6.45) is 1.74. The second-order valence-corrected chi connectivity index (χ2v) is 3.48. The van der Waals surface area contributed by atoms with Crippen LogP contribution in [0.1, 0.15) is 10.4 Å². The number of methoxy groups -OCH3 is 1. The molecule has 0 unspecified atom stereocenters. The maximum absolute atomic E-state index is 11.1. The quantitative estimate of drug-likeness (QED) is 0.342. The molecule has 80 valence electrons. The maximum atomic E-state index is 11.1. The van der Waals surface area contributed by atoms with Crippen molar-refractivity contribution in [2.24, 2.45) is 0 Å². The van der Waals surface area contributed by atoms with E-state index in [1.165, 1.54) is 37.1 Å². The van der Waals surface area contributed by atoms with E-state index in [0.29, 0.717) is 4.90 Å². The predicted molar refractivity (Wildman–Crippen MR) is 56.2 cm³/mol. The minimum absolute atomic E-state index is 0.0783. The molecule has 0 spiro atoms. The molecule has 1 aromatic rings. The summed E-state index contributed by atoms with van der Waals surface area (Å²) in [7, 11) is 1.23. The number of carbonyl (C=O) groups is 1. The molecule has 0 amide bonds. The van der Waals surface area contributed by atoms with Gasteiger partial charge in [0, 0.05) is 6.07 Å². The van der Waals surface area contributed by atoms with Gasteiger partial charge in [-0.2, -0.15) is 0 Å². The minimum atomic E-state index is -0.578. The Labute approximate surface area is 90.6 Å². The number of ether oxygens (including phenoxy) is 1. The van der Waals surface area contributed by atoms with Crippen molar-refractivity contribution in [2.75, 3.05) is 13.4 Å². The van der Waals surface area contributed by atoms with Crippen LogP contribution in [0.5, 0.6) is 0 Å². The Bertz CT molecular complexity index is 405. The van der Waals surface area contributed by atoms with E-state index >= 15 is 0 Å². The monoisotopic (exact) mass is 227 g/mol. The topological polar surface area (TPSA) is 69.4 Å². The molecule has 0 saturated carbocycles. The van der Waals surface area contributed by atoms with E-state index in [4.69, 9.17) is 0 Å². The summed E-state index contributed by atoms with van der Waals surface area (Å²) >= 11 is 1.26. The Morgan fingerprint density at radius 3 is 2.67 bits per heavy atom. The Kier molecular flexibility index (Phi) is 3.68. The van der Waals surface area contributed by atoms with Crippen LogP contribution < -0.4 is 0 Å². The van der Waals surface area contributed by atoms with Crippen molar-refractivity contribution in [1.29, 1.82) is 0 Å². The van der Waals surface area contributed by atoms with Crippen molar-refractivity contribution in [3.05, 3.63) is 33.9 Å². The highest BCUT2D eigenvalue weighted by Crippen LogP contribution is 2.28. The predicted octanol–water partition coefficient (Wildman–Crippen LogP) is 2.10. The van der Waals surface area contributed by atoms with E-state index in [9.17, 15) is 14.9 Å². The second-order valence-electron chi connectivity index (χ2n) is 2.64. The van der Waals surface area contributed by atoms with Gasteiger partial charge in [-0.3, -0.25) is 10.1 Å². The molecule has 0 aliphatic carbocycles. The third kappa shape index (κ3) is 2.47. The van der Waals surface area contributed by atoms with Crippen LogP contribution >= 0.6 is 11.8 Å². The Hall–Kier alpha value is -1.56. The van der Waals surface area contributed by atoms with E-state index < -0.39 is 10.9 Å². The van der Waals surface area contributed by atoms with E-state index in [-0.39, 0.29) is 11.3 Å². The number of nitro benzene ring substituents is 1. The van der Waals surface area contributed by atoms with Crippen LogP contribution in [0.4, 0.5) is 5.69 Å². The van der Waals surface area contributed by atoms with Gasteiger partial charge in [-0.05, 0) is 18.4 Å². The van der Waals surface area contributed by atoms with Gasteiger partial charge in [-0.15, -0.1) is 11.8 Å². The van der Waals surface area contributed by atoms with Gasteiger partial charge >= 0.3 is 5.97 Å². The molecule has 15 heavy (non-hydrogen) atoms. The van der Waals surface area contributed by atoms with Crippen molar-refractivity contribution in [2.45, 2.75) is 4.90 Å². The lowest BCUT2D eigenvalue weighted by molar-refractivity contribution is -0.387. The lowest BCUT2D eigenvalue weighted by atomic mass is 10.2. The number of carbonyl (C=O) groups excluding carboxylic acids is 1. The number of nitrogens with zero attached hydrogens (tertiary/aromatic N) is 1. The maximum Gasteiger partial charge on any atom is 0.338 e. The molecule has 0 radical (unpaired) electrons. The standard InChI is InChI=1S/C9H9NO4S/c1-14-9(11)6-3-4-8(15-2)7(5-6)10(12)13/h3-5H,1-2H3. The summed E-state index contributed by atoms with van der Waals surface area (Å²) < 4.78 is 4.48. The molecule has 0 aliphatic rings. The summed E-state index contributed by atoms with van der Waals surface area (Å²) in [5.41, 5.74) is 0.104. The lowest BCUT2D eigenvalue weighted by Crippen LogP contribution is -2.02. The fourth-order valence-corrected chi connectivity index (χ4v) is 1.62. The molecule has 0 bridgehead atoms. The Morgan fingerprint density at radius 1 is 1.53 bits per heavy atom. The summed E-state index contributed by atoms with van der Waals surface area (Å²) in [5.74, 6) is -0.578. The third-order valence-corrected chi connectivity index (χ3v) is 2.58. The molecule has 0 saturated heterocycles. The molecule has 0 fully saturated rings. The average Bonchev–Trinajstić information content (AvgIpc) is 2.27. The summed E-state index contributed by atoms with van der Waals surface area (Å²) in [5, 5.41) is 10.7. The van der Waals surface area contributed by atoms with Gasteiger partial charge in [0.25, 0.3) is 5.69 Å². The molecule has 1 aromatic carbocycles. The van der Waals surface area contributed by atoms with Crippen molar-refractivity contribution in [3.8, 4) is 0 Å². The second kappa shape index (κ2) is 4.79. The van der Waals surface area contributed by atoms with Crippen LogP contribution in [-0.2, 0) is 4.74 Å². The van der Waals surface area contributed by atoms with Crippen LogP contribution in [0.2, 0.25) is 0 Å². The van der Waals surface area contributed by atoms with Gasteiger partial charge in [-0.1, -0.05) is 0 Å². The van der Waals surface area contributed by atoms with Gasteiger partial charge < -0.3 is 4.74 Å². The van der Waals surface area contributed by atoms with Gasteiger partial charge in [0.1, 0.15) is 0 Å². The van der Waals surface area contributed by atoms with Crippen molar-refractivity contribution in [1.82, 2.24) is 0 Å². The average molecular weight is 227 g/mol. The first-order valence-corrected chi connectivity index (χ1v) is 5.23. The first kappa shape index (κ1) is 11.5. The van der Waals surface area contributed by atoms with Crippen molar-refractivity contribution in [3.63, 3.8) is 0 Å². The molecular weight excluding hydrogens is 218 g/mol. The molecule has 5 nitrogen and oxygen atoms in total. The molecule has 0 N–H and O–H groups in total. The van der Waals surface area contributed by atoms with Crippen molar-refractivity contribution >= 4 is 23.4 Å². The molecule has 6 heteroatoms. The van der Waals surface area contributed by atoms with Crippen LogP contribution in [0.25, 0.3) is 0 Å². The number of benzene rings is 1. The summed E-state index contributed by atoms with van der Waals surface area (Å²) in [6.45, 7) is 0. The zero-order chi connectivity index (χ0) is 11.4. The number of esters is 1. The van der Waals surface area contributed by atoms with Crippen LogP contribution in [0.3, 0.4) is 0 Å². The van der Waals surface area contributed by atoms with E-state index in [2.05, 4.69) is 4.74 Å². The Balaban J connectivity index is 3.22. The number of hydrogen-bond acceptors (Lipinski definition) is 5. The van der Waals surface area contributed by atoms with Gasteiger partial charge in [0.2, 0.25) is 0 Å². The summed E-state index contributed by atoms with van der Waals surface area (Å²) in [4.78, 5) is 21.8. The first-order chi connectivity index (χ1) is 7.10. The fraction of sp³-hybridized carbons (Fsp3) is 0.222. The zero-order valence-electron chi connectivity index (χ0n) is 8.22. The van der Waals surface area contributed by atoms with Crippen LogP contribution in [-0.4, -0.2) is 24.3 Å². The van der Waals surface area contributed by atoms with Gasteiger partial charge in [-0.25, -0.2) is 4.79 Å². The highest BCUT2D eigenvalue weighted by atomic mass is 32.2. The van der Waals surface area contributed by atoms with E-state index in [1.807, 2.05) is 0 Å². The number of hydrogen-bond donors (Lipinski definition) is 0. The van der Waals surface area contributed by atoms with E-state index in [1.54, 1.807) is 6.26 Å². The third-order valence-electron chi connectivity index (χ3n) is 1.80. The minimum Gasteiger partial charge on any atom is -0.465 e. The molecule has 0 atom stereocenters. The van der Waals surface area contributed by atoms with Crippen LogP contribution in [0, 0.1) is 10.1 Å². The van der Waals surface area contributed by atoms with Crippen LogP contribution in [0.15, 0.2) is 23.1 Å². The first-order valence-electron chi connectivity index (χ1n) is 4.01. The largest absolute Gasteiger partial charge is 0.465 e. The number of nitro groups is 1. The van der Waals surface area contributed by atoms with E-state index in [0.717, 1.165) is 0 Å². The Morgan fingerprint density at radius 2 is 2.20 bits per heavy atom. The lowest BCUT2D eigenvalue weighted by Gasteiger charge is -2.02. The smallest absolute Gasteiger partial charge is 0.338 e. The number of rotatable bonds is 3. The zero-order valence-corrected chi connectivity index (χ0v) is 9.04. The molecule has 1 rings (SSSR count). The SMILES string of the molecule is COC(=O)c1ccc(SC)c([N+](=O)[O-])c1. The fourth-order valence-electron chi connectivity index (χ4n) is 1.08.